The number of hydrogen-bond acceptors (Lipinski definition) is 2. The van der Waals surface area contributed by atoms with Gasteiger partial charge in [-0.05, 0) is 38.5 Å². The highest BCUT2D eigenvalue weighted by Crippen LogP contribution is 2.47. The molecule has 0 bridgehead atoms. The van der Waals surface area contributed by atoms with Gasteiger partial charge >= 0.3 is 0 Å². The van der Waals surface area contributed by atoms with E-state index in [1.54, 1.807) is 7.11 Å². The van der Waals surface area contributed by atoms with Crippen LogP contribution in [0.15, 0.2) is 36.9 Å². The monoisotopic (exact) mass is 279 g/mol. The maximum absolute atomic E-state index is 12.5. The van der Waals surface area contributed by atoms with Gasteiger partial charge in [-0.3, -0.25) is 0 Å². The van der Waals surface area contributed by atoms with Gasteiger partial charge in [0, 0.05) is 0 Å². The van der Waals surface area contributed by atoms with Gasteiger partial charge in [0.25, 0.3) is 0 Å². The van der Waals surface area contributed by atoms with Crippen LogP contribution in [0.5, 0.6) is 5.75 Å². The first-order chi connectivity index (χ1) is 8.90. The molecule has 0 N–H and O–H groups in total. The van der Waals surface area contributed by atoms with Crippen LogP contribution in [0.2, 0.25) is 0 Å². The topological polar surface area (TPSA) is 29.3 Å². The van der Waals surface area contributed by atoms with E-state index in [0.717, 1.165) is 11.3 Å². The quantitative estimate of drug-likeness (QED) is 0.626. The molecule has 0 aromatic heterocycles. The average Bonchev–Trinajstić information content (AvgIpc) is 3.11. The molecule has 0 saturated carbocycles. The molecule has 1 fully saturated rings. The summed E-state index contributed by atoms with van der Waals surface area (Å²) >= 11 is 0. The van der Waals surface area contributed by atoms with Crippen molar-refractivity contribution in [1.29, 1.82) is 0 Å². The highest BCUT2D eigenvalue weighted by molar-refractivity contribution is 7.84. The summed E-state index contributed by atoms with van der Waals surface area (Å²) in [5.41, 5.74) is 1.16. The summed E-state index contributed by atoms with van der Waals surface area (Å²) < 4.78 is 19.4. The SMILES string of the molecule is C=C[C@@H]1[C@@H](c2ccc(OC)cc2)N1[S@](=O)C(C)(C)C. The van der Waals surface area contributed by atoms with E-state index < -0.39 is 11.0 Å². The molecule has 1 aliphatic rings. The maximum Gasteiger partial charge on any atom is 0.118 e. The normalized spacial score (nSPS) is 27.7. The summed E-state index contributed by atoms with van der Waals surface area (Å²) in [6, 6.07) is 8.26. The lowest BCUT2D eigenvalue weighted by molar-refractivity contribution is 0.414. The Morgan fingerprint density at radius 2 is 1.89 bits per heavy atom. The van der Waals surface area contributed by atoms with Crippen molar-refractivity contribution >= 4 is 11.0 Å². The zero-order chi connectivity index (χ0) is 14.2. The number of hydrogen-bond donors (Lipinski definition) is 0. The Hall–Kier alpha value is -1.13. The van der Waals surface area contributed by atoms with Crippen molar-refractivity contribution in [3.8, 4) is 5.75 Å². The summed E-state index contributed by atoms with van der Waals surface area (Å²) in [5, 5.41) is 0. The Morgan fingerprint density at radius 3 is 2.32 bits per heavy atom. The minimum Gasteiger partial charge on any atom is -0.497 e. The summed E-state index contributed by atoms with van der Waals surface area (Å²) in [4.78, 5) is 0. The Bertz CT molecular complexity index is 490. The molecule has 0 aliphatic carbocycles. The van der Waals surface area contributed by atoms with Crippen LogP contribution in [-0.4, -0.2) is 26.4 Å². The molecule has 104 valence electrons. The third-order valence-corrected chi connectivity index (χ3v) is 5.12. The second kappa shape index (κ2) is 5.10. The van der Waals surface area contributed by atoms with Crippen LogP contribution in [0, 0.1) is 0 Å². The first kappa shape index (κ1) is 14.3. The standard InChI is InChI=1S/C15H21NO2S/c1-6-13-14(16(13)19(17)15(2,3)4)11-7-9-12(18-5)10-8-11/h6-10,13-14H,1H2,2-5H3/t13-,14-,16?,19-/m1/s1. The van der Waals surface area contributed by atoms with Crippen LogP contribution >= 0.6 is 0 Å². The molecule has 0 amide bonds. The number of rotatable bonds is 4. The van der Waals surface area contributed by atoms with E-state index in [-0.39, 0.29) is 16.8 Å². The van der Waals surface area contributed by atoms with Gasteiger partial charge in [-0.25, -0.2) is 8.51 Å². The van der Waals surface area contributed by atoms with E-state index >= 15 is 0 Å². The van der Waals surface area contributed by atoms with E-state index in [2.05, 4.69) is 6.58 Å². The minimum atomic E-state index is -1.01. The third kappa shape index (κ3) is 2.74. The molecule has 1 aromatic rings. The Labute approximate surface area is 117 Å². The molecule has 1 aliphatic heterocycles. The highest BCUT2D eigenvalue weighted by Gasteiger charge is 2.52. The lowest BCUT2D eigenvalue weighted by atomic mass is 10.1. The molecule has 19 heavy (non-hydrogen) atoms. The van der Waals surface area contributed by atoms with Gasteiger partial charge in [0.05, 0.1) is 23.9 Å². The first-order valence-electron chi connectivity index (χ1n) is 6.37. The van der Waals surface area contributed by atoms with Gasteiger partial charge in [-0.15, -0.1) is 6.58 Å². The van der Waals surface area contributed by atoms with Gasteiger partial charge in [0.2, 0.25) is 0 Å². The molecular formula is C15H21NO2S. The van der Waals surface area contributed by atoms with Crippen LogP contribution in [0.1, 0.15) is 32.4 Å². The lowest BCUT2D eigenvalue weighted by Crippen LogP contribution is -2.28. The second-order valence-electron chi connectivity index (χ2n) is 5.67. The van der Waals surface area contributed by atoms with Crippen LogP contribution < -0.4 is 4.74 Å². The van der Waals surface area contributed by atoms with Gasteiger partial charge in [0.15, 0.2) is 0 Å². The number of nitrogens with zero attached hydrogens (tertiary/aromatic N) is 1. The summed E-state index contributed by atoms with van der Waals surface area (Å²) in [7, 11) is 0.638. The molecule has 1 saturated heterocycles. The molecule has 4 heteroatoms. The molecule has 1 heterocycles. The number of methoxy groups -OCH3 is 1. The second-order valence-corrected chi connectivity index (χ2v) is 7.81. The summed E-state index contributed by atoms with van der Waals surface area (Å²) in [6.45, 7) is 9.82. The van der Waals surface area contributed by atoms with Crippen LogP contribution in [-0.2, 0) is 11.0 Å². The van der Waals surface area contributed by atoms with Crippen LogP contribution in [0.4, 0.5) is 0 Å². The predicted octanol–water partition coefficient (Wildman–Crippen LogP) is 3.07. The van der Waals surface area contributed by atoms with Gasteiger partial charge in [-0.2, -0.15) is 0 Å². The van der Waals surface area contributed by atoms with Gasteiger partial charge < -0.3 is 4.74 Å². The minimum absolute atomic E-state index is 0.161. The fourth-order valence-corrected chi connectivity index (χ4v) is 3.59. The van der Waals surface area contributed by atoms with Crippen molar-refractivity contribution in [2.45, 2.75) is 37.6 Å². The van der Waals surface area contributed by atoms with E-state index in [1.807, 2.05) is 55.4 Å². The zero-order valence-corrected chi connectivity index (χ0v) is 12.7. The molecule has 1 unspecified atom stereocenters. The van der Waals surface area contributed by atoms with Crippen molar-refractivity contribution in [1.82, 2.24) is 4.31 Å². The Balaban J connectivity index is 2.20. The fourth-order valence-electron chi connectivity index (χ4n) is 2.14. The van der Waals surface area contributed by atoms with Crippen LogP contribution in [0.3, 0.4) is 0 Å². The largest absolute Gasteiger partial charge is 0.497 e. The molecule has 0 radical (unpaired) electrons. The molecular weight excluding hydrogens is 258 g/mol. The van der Waals surface area contributed by atoms with Crippen molar-refractivity contribution in [2.75, 3.05) is 7.11 Å². The fraction of sp³-hybridized carbons (Fsp3) is 0.467. The Kier molecular flexibility index (Phi) is 3.83. The van der Waals surface area contributed by atoms with E-state index in [0.29, 0.717) is 0 Å². The summed E-state index contributed by atoms with van der Waals surface area (Å²) in [6.07, 6.45) is 1.87. The van der Waals surface area contributed by atoms with Crippen molar-refractivity contribution in [3.63, 3.8) is 0 Å². The van der Waals surface area contributed by atoms with Gasteiger partial charge in [0.1, 0.15) is 16.7 Å². The molecule has 0 spiro atoms. The predicted molar refractivity (Wildman–Crippen MR) is 79.5 cm³/mol. The lowest BCUT2D eigenvalue weighted by Gasteiger charge is -2.18. The zero-order valence-electron chi connectivity index (χ0n) is 11.9. The maximum atomic E-state index is 12.5. The first-order valence-corrected chi connectivity index (χ1v) is 7.47. The van der Waals surface area contributed by atoms with Crippen LogP contribution in [0.25, 0.3) is 0 Å². The third-order valence-electron chi connectivity index (χ3n) is 3.22. The number of benzene rings is 1. The average molecular weight is 279 g/mol. The van der Waals surface area contributed by atoms with Crippen molar-refractivity contribution in [2.24, 2.45) is 0 Å². The molecule has 1 aromatic carbocycles. The summed E-state index contributed by atoms with van der Waals surface area (Å²) in [5.74, 6) is 0.836. The molecule has 3 nitrogen and oxygen atoms in total. The van der Waals surface area contributed by atoms with E-state index in [9.17, 15) is 4.21 Å². The molecule has 4 atom stereocenters. The molecule has 2 rings (SSSR count). The number of ether oxygens (including phenoxy) is 1. The smallest absolute Gasteiger partial charge is 0.118 e. The van der Waals surface area contributed by atoms with Gasteiger partial charge in [-0.1, -0.05) is 18.2 Å². The van der Waals surface area contributed by atoms with Crippen molar-refractivity contribution < 1.29 is 8.95 Å². The van der Waals surface area contributed by atoms with E-state index in [4.69, 9.17) is 4.74 Å². The van der Waals surface area contributed by atoms with Crippen molar-refractivity contribution in [3.05, 3.63) is 42.5 Å². The highest BCUT2D eigenvalue weighted by atomic mass is 32.2. The van der Waals surface area contributed by atoms with E-state index in [1.165, 1.54) is 0 Å². The Morgan fingerprint density at radius 1 is 1.32 bits per heavy atom.